The predicted molar refractivity (Wildman–Crippen MR) is 79.4 cm³/mol. The van der Waals surface area contributed by atoms with Gasteiger partial charge in [0, 0.05) is 10.0 Å². The SMILES string of the molecule is CNC(c1cccc(Br)c1)c1cc(Cl)sc1Cl. The Balaban J connectivity index is 2.43. The van der Waals surface area contributed by atoms with Crippen molar-refractivity contribution in [3.05, 3.63) is 54.6 Å². The van der Waals surface area contributed by atoms with Crippen LogP contribution >= 0.6 is 50.5 Å². The van der Waals surface area contributed by atoms with Crippen LogP contribution in [-0.4, -0.2) is 7.05 Å². The van der Waals surface area contributed by atoms with Gasteiger partial charge in [0.25, 0.3) is 0 Å². The van der Waals surface area contributed by atoms with Crippen LogP contribution < -0.4 is 5.32 Å². The third kappa shape index (κ3) is 3.04. The third-order valence-electron chi connectivity index (χ3n) is 2.46. The van der Waals surface area contributed by atoms with E-state index in [1.807, 2.05) is 25.2 Å². The van der Waals surface area contributed by atoms with Crippen molar-refractivity contribution < 1.29 is 0 Å². The normalized spacial score (nSPS) is 12.7. The van der Waals surface area contributed by atoms with Crippen LogP contribution in [0.2, 0.25) is 8.67 Å². The van der Waals surface area contributed by atoms with Crippen LogP contribution in [0.1, 0.15) is 17.2 Å². The van der Waals surface area contributed by atoms with Crippen LogP contribution in [0.15, 0.2) is 34.8 Å². The summed E-state index contributed by atoms with van der Waals surface area (Å²) in [5, 5.41) is 3.26. The Morgan fingerprint density at radius 3 is 2.59 bits per heavy atom. The molecule has 1 aromatic heterocycles. The van der Waals surface area contributed by atoms with Crippen LogP contribution in [0.5, 0.6) is 0 Å². The minimum Gasteiger partial charge on any atom is -0.309 e. The lowest BCUT2D eigenvalue weighted by Gasteiger charge is -2.16. The summed E-state index contributed by atoms with van der Waals surface area (Å²) >= 11 is 17.0. The molecule has 0 aliphatic carbocycles. The molecule has 0 saturated carbocycles. The molecule has 5 heteroatoms. The van der Waals surface area contributed by atoms with E-state index in [-0.39, 0.29) is 6.04 Å². The summed E-state index contributed by atoms with van der Waals surface area (Å²) in [6, 6.07) is 10.1. The summed E-state index contributed by atoms with van der Waals surface area (Å²) in [5.74, 6) is 0. The molecule has 0 saturated heterocycles. The number of benzene rings is 1. The molecular formula is C12H10BrCl2NS. The molecule has 1 unspecified atom stereocenters. The van der Waals surface area contributed by atoms with Gasteiger partial charge in [0.2, 0.25) is 0 Å². The van der Waals surface area contributed by atoms with Gasteiger partial charge < -0.3 is 5.32 Å². The molecule has 0 aliphatic rings. The molecule has 2 rings (SSSR count). The molecule has 0 fully saturated rings. The molecule has 0 spiro atoms. The Hall–Kier alpha value is -0.0600. The van der Waals surface area contributed by atoms with Gasteiger partial charge in [-0.3, -0.25) is 0 Å². The topological polar surface area (TPSA) is 12.0 Å². The fraction of sp³-hybridized carbons (Fsp3) is 0.167. The molecule has 1 aromatic carbocycles. The maximum Gasteiger partial charge on any atom is 0.0995 e. The first-order valence-electron chi connectivity index (χ1n) is 4.99. The first kappa shape index (κ1) is 13.4. The van der Waals surface area contributed by atoms with Crippen LogP contribution in [0.4, 0.5) is 0 Å². The summed E-state index contributed by atoms with van der Waals surface area (Å²) < 4.78 is 2.49. The number of hydrogen-bond donors (Lipinski definition) is 1. The Morgan fingerprint density at radius 2 is 2.06 bits per heavy atom. The van der Waals surface area contributed by atoms with Gasteiger partial charge in [-0.1, -0.05) is 51.3 Å². The van der Waals surface area contributed by atoms with Crippen molar-refractivity contribution in [2.24, 2.45) is 0 Å². The zero-order valence-corrected chi connectivity index (χ0v) is 12.9. The number of nitrogens with one attached hydrogen (secondary N) is 1. The van der Waals surface area contributed by atoms with Crippen LogP contribution in [-0.2, 0) is 0 Å². The second kappa shape index (κ2) is 5.72. The van der Waals surface area contributed by atoms with Crippen molar-refractivity contribution in [1.29, 1.82) is 0 Å². The fourth-order valence-electron chi connectivity index (χ4n) is 1.74. The first-order valence-corrected chi connectivity index (χ1v) is 7.36. The predicted octanol–water partition coefficient (Wildman–Crippen LogP) is 5.13. The van der Waals surface area contributed by atoms with Gasteiger partial charge in [0.1, 0.15) is 0 Å². The van der Waals surface area contributed by atoms with Crippen LogP contribution in [0.25, 0.3) is 0 Å². The van der Waals surface area contributed by atoms with Gasteiger partial charge in [0.15, 0.2) is 0 Å². The molecule has 0 aliphatic heterocycles. The lowest BCUT2D eigenvalue weighted by Crippen LogP contribution is -2.17. The maximum absolute atomic E-state index is 6.19. The van der Waals surface area contributed by atoms with Crippen molar-refractivity contribution in [3.8, 4) is 0 Å². The molecule has 1 atom stereocenters. The first-order chi connectivity index (χ1) is 8.11. The zero-order chi connectivity index (χ0) is 12.4. The Bertz CT molecular complexity index is 527. The van der Waals surface area contributed by atoms with E-state index in [4.69, 9.17) is 23.2 Å². The van der Waals surface area contributed by atoms with E-state index in [1.54, 1.807) is 0 Å². The van der Waals surface area contributed by atoms with Gasteiger partial charge in [-0.05, 0) is 30.8 Å². The number of rotatable bonds is 3. The highest BCUT2D eigenvalue weighted by atomic mass is 79.9. The average Bonchev–Trinajstić information content (AvgIpc) is 2.59. The summed E-state index contributed by atoms with van der Waals surface area (Å²) in [4.78, 5) is 0. The summed E-state index contributed by atoms with van der Waals surface area (Å²) in [6.07, 6.45) is 0. The smallest absolute Gasteiger partial charge is 0.0995 e. The van der Waals surface area contributed by atoms with Crippen molar-refractivity contribution in [3.63, 3.8) is 0 Å². The highest BCUT2D eigenvalue weighted by Gasteiger charge is 2.17. The molecule has 1 nitrogen and oxygen atoms in total. The quantitative estimate of drug-likeness (QED) is 0.809. The summed E-state index contributed by atoms with van der Waals surface area (Å²) in [5.41, 5.74) is 2.17. The van der Waals surface area contributed by atoms with Gasteiger partial charge in [0.05, 0.1) is 14.7 Å². The number of halogens is 3. The van der Waals surface area contributed by atoms with E-state index in [0.717, 1.165) is 19.9 Å². The van der Waals surface area contributed by atoms with E-state index >= 15 is 0 Å². The van der Waals surface area contributed by atoms with E-state index in [0.29, 0.717) is 4.34 Å². The number of hydrogen-bond acceptors (Lipinski definition) is 2. The Kier molecular flexibility index (Phi) is 4.50. The molecule has 0 radical (unpaired) electrons. The van der Waals surface area contributed by atoms with Gasteiger partial charge in [-0.25, -0.2) is 0 Å². The molecular weight excluding hydrogens is 341 g/mol. The van der Waals surface area contributed by atoms with Crippen molar-refractivity contribution in [2.75, 3.05) is 7.05 Å². The van der Waals surface area contributed by atoms with Gasteiger partial charge >= 0.3 is 0 Å². The fourth-order valence-corrected chi connectivity index (χ4v) is 3.69. The third-order valence-corrected chi connectivity index (χ3v) is 4.48. The Labute approximate surface area is 123 Å². The lowest BCUT2D eigenvalue weighted by molar-refractivity contribution is 0.694. The number of thiophene rings is 1. The highest BCUT2D eigenvalue weighted by Crippen LogP contribution is 2.37. The standard InChI is InChI=1S/C12H10BrCl2NS/c1-16-11(7-3-2-4-8(13)5-7)9-6-10(14)17-12(9)15/h2-6,11,16H,1H3. The highest BCUT2D eigenvalue weighted by molar-refractivity contribution is 9.10. The minimum atomic E-state index is 0.0590. The largest absolute Gasteiger partial charge is 0.309 e. The van der Waals surface area contributed by atoms with E-state index in [2.05, 4.69) is 33.4 Å². The molecule has 0 bridgehead atoms. The van der Waals surface area contributed by atoms with Crippen LogP contribution in [0, 0.1) is 0 Å². The average molecular weight is 351 g/mol. The second-order valence-corrected chi connectivity index (χ2v) is 6.76. The maximum atomic E-state index is 6.19. The zero-order valence-electron chi connectivity index (χ0n) is 9.01. The van der Waals surface area contributed by atoms with Crippen molar-refractivity contribution in [2.45, 2.75) is 6.04 Å². The van der Waals surface area contributed by atoms with Gasteiger partial charge in [-0.2, -0.15) is 0 Å². The molecule has 1 heterocycles. The summed E-state index contributed by atoms with van der Waals surface area (Å²) in [7, 11) is 1.91. The molecule has 90 valence electrons. The molecule has 0 amide bonds. The lowest BCUT2D eigenvalue weighted by atomic mass is 10.0. The van der Waals surface area contributed by atoms with E-state index < -0.39 is 0 Å². The minimum absolute atomic E-state index is 0.0590. The van der Waals surface area contributed by atoms with E-state index in [9.17, 15) is 0 Å². The molecule has 1 N–H and O–H groups in total. The second-order valence-electron chi connectivity index (χ2n) is 3.56. The summed E-state index contributed by atoms with van der Waals surface area (Å²) in [6.45, 7) is 0. The van der Waals surface area contributed by atoms with E-state index in [1.165, 1.54) is 11.3 Å². The monoisotopic (exact) mass is 349 g/mol. The Morgan fingerprint density at radius 1 is 1.29 bits per heavy atom. The van der Waals surface area contributed by atoms with Gasteiger partial charge in [-0.15, -0.1) is 11.3 Å². The molecule has 2 aromatic rings. The van der Waals surface area contributed by atoms with Crippen LogP contribution in [0.3, 0.4) is 0 Å². The van der Waals surface area contributed by atoms with Crippen molar-refractivity contribution in [1.82, 2.24) is 5.32 Å². The van der Waals surface area contributed by atoms with Crippen molar-refractivity contribution >= 4 is 50.5 Å². The molecule has 17 heavy (non-hydrogen) atoms.